The predicted octanol–water partition coefficient (Wildman–Crippen LogP) is 3.55. The van der Waals surface area contributed by atoms with Crippen molar-refractivity contribution in [1.82, 2.24) is 5.32 Å². The first kappa shape index (κ1) is 17.8. The first-order valence-corrected chi connectivity index (χ1v) is 8.90. The summed E-state index contributed by atoms with van der Waals surface area (Å²) in [5, 5.41) is 12.1. The Kier molecular flexibility index (Phi) is 7.37. The molecule has 1 aromatic rings. The van der Waals surface area contributed by atoms with Crippen molar-refractivity contribution in [3.63, 3.8) is 0 Å². The molecule has 0 aliphatic carbocycles. The quantitative estimate of drug-likeness (QED) is 0.801. The maximum Gasteiger partial charge on any atom is 0.230 e. The maximum absolute atomic E-state index is 11.9. The molecule has 1 rings (SSSR count). The van der Waals surface area contributed by atoms with Gasteiger partial charge >= 0.3 is 0 Å². The van der Waals surface area contributed by atoms with E-state index in [1.807, 2.05) is 12.1 Å². The molecule has 20 heavy (non-hydrogen) atoms. The molecular formula is C14H22ClNO2S2. The zero-order valence-electron chi connectivity index (χ0n) is 12.1. The number of amides is 1. The van der Waals surface area contributed by atoms with Crippen LogP contribution in [0.5, 0.6) is 0 Å². The molecule has 2 N–H and O–H groups in total. The first-order valence-electron chi connectivity index (χ1n) is 6.55. The maximum atomic E-state index is 11.9. The fourth-order valence-electron chi connectivity index (χ4n) is 1.76. The summed E-state index contributed by atoms with van der Waals surface area (Å²) in [7, 11) is 0. The lowest BCUT2D eigenvalue weighted by Crippen LogP contribution is -2.45. The molecule has 0 aromatic carbocycles. The van der Waals surface area contributed by atoms with Crippen molar-refractivity contribution in [3.8, 4) is 0 Å². The molecule has 3 nitrogen and oxygen atoms in total. The summed E-state index contributed by atoms with van der Waals surface area (Å²) in [5.74, 6) is 1.24. The second kappa shape index (κ2) is 8.27. The van der Waals surface area contributed by atoms with Crippen LogP contribution in [0.2, 0.25) is 4.34 Å². The third-order valence-corrected chi connectivity index (χ3v) is 5.30. The molecule has 6 heteroatoms. The lowest BCUT2D eigenvalue weighted by Gasteiger charge is -2.31. The minimum absolute atomic E-state index is 0.00298. The van der Waals surface area contributed by atoms with Crippen molar-refractivity contribution < 1.29 is 9.90 Å². The molecule has 1 aromatic heterocycles. The largest absolute Gasteiger partial charge is 0.396 e. The molecule has 0 radical (unpaired) electrons. The Morgan fingerprint density at radius 1 is 1.50 bits per heavy atom. The number of halogens is 1. The third kappa shape index (κ3) is 6.48. The molecule has 0 spiro atoms. The molecular weight excluding hydrogens is 314 g/mol. The van der Waals surface area contributed by atoms with Gasteiger partial charge in [0.2, 0.25) is 5.91 Å². The molecule has 0 saturated carbocycles. The van der Waals surface area contributed by atoms with Gasteiger partial charge in [0.15, 0.2) is 0 Å². The number of carbonyl (C=O) groups excluding carboxylic acids is 1. The molecule has 1 atom stereocenters. The van der Waals surface area contributed by atoms with E-state index in [2.05, 4.69) is 26.1 Å². The van der Waals surface area contributed by atoms with Gasteiger partial charge in [0.1, 0.15) is 0 Å². The second-order valence-electron chi connectivity index (χ2n) is 5.70. The van der Waals surface area contributed by atoms with Crippen LogP contribution >= 0.6 is 34.7 Å². The van der Waals surface area contributed by atoms with Gasteiger partial charge in [0.25, 0.3) is 0 Å². The molecule has 0 fully saturated rings. The smallest absolute Gasteiger partial charge is 0.230 e. The van der Waals surface area contributed by atoms with E-state index in [1.165, 1.54) is 4.88 Å². The monoisotopic (exact) mass is 335 g/mol. The molecule has 0 saturated heterocycles. The highest BCUT2D eigenvalue weighted by Gasteiger charge is 2.25. The number of aliphatic hydroxyl groups excluding tert-OH is 1. The number of thioether (sulfide) groups is 1. The van der Waals surface area contributed by atoms with Gasteiger partial charge in [-0.15, -0.1) is 23.1 Å². The van der Waals surface area contributed by atoms with Crippen molar-refractivity contribution in [2.45, 2.75) is 39.0 Å². The minimum Gasteiger partial charge on any atom is -0.396 e. The molecule has 1 heterocycles. The Labute approximate surface area is 134 Å². The molecule has 1 unspecified atom stereocenters. The van der Waals surface area contributed by atoms with E-state index in [0.29, 0.717) is 12.2 Å². The van der Waals surface area contributed by atoms with Crippen LogP contribution < -0.4 is 5.32 Å². The summed E-state index contributed by atoms with van der Waals surface area (Å²) in [6, 6.07) is 3.86. The van der Waals surface area contributed by atoms with Crippen molar-refractivity contribution in [1.29, 1.82) is 0 Å². The van der Waals surface area contributed by atoms with Gasteiger partial charge in [-0.25, -0.2) is 0 Å². The van der Waals surface area contributed by atoms with E-state index >= 15 is 0 Å². The molecule has 1 amide bonds. The highest BCUT2D eigenvalue weighted by Crippen LogP contribution is 2.25. The average Bonchev–Trinajstić information content (AvgIpc) is 2.73. The van der Waals surface area contributed by atoms with E-state index < -0.39 is 0 Å². The number of hydrogen-bond acceptors (Lipinski definition) is 4. The van der Waals surface area contributed by atoms with E-state index in [0.717, 1.165) is 10.1 Å². The molecule has 0 bridgehead atoms. The van der Waals surface area contributed by atoms with Crippen LogP contribution in [0, 0.1) is 5.41 Å². The van der Waals surface area contributed by atoms with Crippen molar-refractivity contribution in [2.75, 3.05) is 12.4 Å². The van der Waals surface area contributed by atoms with E-state index in [1.54, 1.807) is 23.1 Å². The lowest BCUT2D eigenvalue weighted by atomic mass is 9.85. The number of aliphatic hydroxyl groups is 1. The number of hydrogen-bond donors (Lipinski definition) is 2. The van der Waals surface area contributed by atoms with Crippen LogP contribution in [0.1, 0.15) is 32.1 Å². The van der Waals surface area contributed by atoms with Gasteiger partial charge in [-0.2, -0.15) is 0 Å². The van der Waals surface area contributed by atoms with Crippen LogP contribution in [0.25, 0.3) is 0 Å². The average molecular weight is 336 g/mol. The molecule has 0 aliphatic heterocycles. The van der Waals surface area contributed by atoms with Crippen LogP contribution in [0.4, 0.5) is 0 Å². The number of carbonyl (C=O) groups is 1. The highest BCUT2D eigenvalue weighted by atomic mass is 35.5. The summed E-state index contributed by atoms with van der Waals surface area (Å²) < 4.78 is 0.779. The third-order valence-electron chi connectivity index (χ3n) is 2.90. The Morgan fingerprint density at radius 3 is 2.70 bits per heavy atom. The number of nitrogens with one attached hydrogen (secondary N) is 1. The van der Waals surface area contributed by atoms with Gasteiger partial charge in [0, 0.05) is 23.3 Å². The Hall–Kier alpha value is -0.230. The predicted molar refractivity (Wildman–Crippen MR) is 88.6 cm³/mol. The molecule has 0 aliphatic rings. The Morgan fingerprint density at radius 2 is 2.20 bits per heavy atom. The standard InChI is InChI=1S/C14H22ClNO2S2/c1-14(2,3)11(6-7-17)16-13(18)9-19-8-10-4-5-12(15)20-10/h4-5,11,17H,6-9H2,1-3H3,(H,16,18). The van der Waals surface area contributed by atoms with Crippen molar-refractivity contribution >= 4 is 40.6 Å². The normalized spacial score (nSPS) is 13.2. The SMILES string of the molecule is CC(C)(C)C(CCO)NC(=O)CSCc1ccc(Cl)s1. The zero-order valence-corrected chi connectivity index (χ0v) is 14.5. The lowest BCUT2D eigenvalue weighted by molar-refractivity contribution is -0.120. The van der Waals surface area contributed by atoms with E-state index in [9.17, 15) is 4.79 Å². The summed E-state index contributed by atoms with van der Waals surface area (Å²) in [6.45, 7) is 6.28. The summed E-state index contributed by atoms with van der Waals surface area (Å²) in [6.07, 6.45) is 0.584. The van der Waals surface area contributed by atoms with Gasteiger partial charge in [0.05, 0.1) is 10.1 Å². The summed E-state index contributed by atoms with van der Waals surface area (Å²) in [4.78, 5) is 13.1. The van der Waals surface area contributed by atoms with Crippen molar-refractivity contribution in [2.24, 2.45) is 5.41 Å². The fraction of sp³-hybridized carbons (Fsp3) is 0.643. The van der Waals surface area contributed by atoms with Gasteiger partial charge < -0.3 is 10.4 Å². The van der Waals surface area contributed by atoms with Crippen LogP contribution in [-0.4, -0.2) is 29.4 Å². The van der Waals surface area contributed by atoms with Crippen LogP contribution in [0.15, 0.2) is 12.1 Å². The summed E-state index contributed by atoms with van der Waals surface area (Å²) in [5.41, 5.74) is -0.0513. The van der Waals surface area contributed by atoms with Gasteiger partial charge in [-0.05, 0) is 24.0 Å². The van der Waals surface area contributed by atoms with E-state index in [4.69, 9.17) is 16.7 Å². The molecule has 114 valence electrons. The second-order valence-corrected chi connectivity index (χ2v) is 8.48. The zero-order chi connectivity index (χ0) is 15.2. The Bertz CT molecular complexity index is 429. The minimum atomic E-state index is -0.0513. The number of thiophene rings is 1. The van der Waals surface area contributed by atoms with Crippen LogP contribution in [-0.2, 0) is 10.5 Å². The first-order chi connectivity index (χ1) is 9.32. The highest BCUT2D eigenvalue weighted by molar-refractivity contribution is 7.99. The number of rotatable bonds is 7. The summed E-state index contributed by atoms with van der Waals surface area (Å²) >= 11 is 8.98. The Balaban J connectivity index is 2.34. The fourth-order valence-corrected chi connectivity index (χ4v) is 3.80. The van der Waals surface area contributed by atoms with E-state index in [-0.39, 0.29) is 24.0 Å². The van der Waals surface area contributed by atoms with Gasteiger partial charge in [-0.3, -0.25) is 4.79 Å². The topological polar surface area (TPSA) is 49.3 Å². The van der Waals surface area contributed by atoms with Gasteiger partial charge in [-0.1, -0.05) is 32.4 Å². The van der Waals surface area contributed by atoms with Crippen molar-refractivity contribution in [3.05, 3.63) is 21.3 Å². The van der Waals surface area contributed by atoms with Crippen LogP contribution in [0.3, 0.4) is 0 Å².